The molecule has 0 amide bonds. The van der Waals surface area contributed by atoms with Gasteiger partial charge >= 0.3 is 0 Å². The number of aliphatic hydroxyl groups is 1. The summed E-state index contributed by atoms with van der Waals surface area (Å²) in [5.74, 6) is 0. The number of ether oxygens (including phenoxy) is 1. The zero-order valence-electron chi connectivity index (χ0n) is 8.78. The van der Waals surface area contributed by atoms with E-state index in [4.69, 9.17) is 4.74 Å². The van der Waals surface area contributed by atoms with Crippen molar-refractivity contribution in [2.45, 2.75) is 31.0 Å². The average Bonchev–Trinajstić information content (AvgIpc) is 2.52. The summed E-state index contributed by atoms with van der Waals surface area (Å²) in [6.45, 7) is 3.42. The third-order valence-corrected chi connectivity index (χ3v) is 3.12. The van der Waals surface area contributed by atoms with Crippen molar-refractivity contribution >= 4 is 0 Å². The minimum atomic E-state index is -0.317. The lowest BCUT2D eigenvalue weighted by molar-refractivity contribution is 0.118. The van der Waals surface area contributed by atoms with Crippen molar-refractivity contribution < 1.29 is 9.84 Å². The van der Waals surface area contributed by atoms with E-state index in [0.29, 0.717) is 19.3 Å². The van der Waals surface area contributed by atoms with Gasteiger partial charge in [0.15, 0.2) is 0 Å². The number of hydrogen-bond donors (Lipinski definition) is 2. The molecule has 3 atom stereocenters. The lowest BCUT2D eigenvalue weighted by Crippen LogP contribution is -2.51. The number of likely N-dealkylation sites (tertiary alicyclic amines) is 1. The Hall–Kier alpha value is -0.160. The van der Waals surface area contributed by atoms with Crippen LogP contribution in [0.3, 0.4) is 0 Å². The smallest absolute Gasteiger partial charge is 0.0948 e. The topological polar surface area (TPSA) is 44.7 Å². The summed E-state index contributed by atoms with van der Waals surface area (Å²) in [5, 5.41) is 13.1. The fourth-order valence-electron chi connectivity index (χ4n) is 2.31. The van der Waals surface area contributed by atoms with Crippen LogP contribution in [0.4, 0.5) is 0 Å². The molecule has 2 N–H and O–H groups in total. The molecule has 0 spiro atoms. The number of aliphatic hydroxyl groups excluding tert-OH is 1. The van der Waals surface area contributed by atoms with E-state index in [1.54, 1.807) is 0 Å². The standard InChI is InChI=1S/C10H20N2O2/c1-12-4-2-3-8(5-12)11-9-6-14-7-10(9)13/h8-11,13H,2-7H2,1H3/t8?,9-,10-/m1/s1. The molecular weight excluding hydrogens is 180 g/mol. The highest BCUT2D eigenvalue weighted by molar-refractivity contribution is 4.86. The molecule has 0 radical (unpaired) electrons. The van der Waals surface area contributed by atoms with E-state index in [1.807, 2.05) is 0 Å². The Bertz CT molecular complexity index is 189. The third-order valence-electron chi connectivity index (χ3n) is 3.12. The summed E-state index contributed by atoms with van der Waals surface area (Å²) in [7, 11) is 2.15. The van der Waals surface area contributed by atoms with Crippen molar-refractivity contribution in [2.75, 3.05) is 33.4 Å². The molecular formula is C10H20N2O2. The zero-order valence-corrected chi connectivity index (χ0v) is 8.78. The highest BCUT2D eigenvalue weighted by Gasteiger charge is 2.29. The van der Waals surface area contributed by atoms with E-state index in [0.717, 1.165) is 6.54 Å². The van der Waals surface area contributed by atoms with E-state index in [-0.39, 0.29) is 12.1 Å². The van der Waals surface area contributed by atoms with Gasteiger partial charge in [-0.25, -0.2) is 0 Å². The lowest BCUT2D eigenvalue weighted by atomic mass is 10.0. The minimum absolute atomic E-state index is 0.145. The van der Waals surface area contributed by atoms with Crippen molar-refractivity contribution in [3.05, 3.63) is 0 Å². The molecule has 0 saturated carbocycles. The van der Waals surface area contributed by atoms with E-state index in [1.165, 1.54) is 19.4 Å². The molecule has 1 unspecified atom stereocenters. The van der Waals surface area contributed by atoms with Gasteiger partial charge in [0.1, 0.15) is 0 Å². The van der Waals surface area contributed by atoms with Crippen molar-refractivity contribution in [3.63, 3.8) is 0 Å². The van der Waals surface area contributed by atoms with Crippen LogP contribution >= 0.6 is 0 Å². The Kier molecular flexibility index (Phi) is 3.38. The van der Waals surface area contributed by atoms with Gasteiger partial charge in [0.05, 0.1) is 25.4 Å². The molecule has 14 heavy (non-hydrogen) atoms. The largest absolute Gasteiger partial charge is 0.389 e. The summed E-state index contributed by atoms with van der Waals surface area (Å²) < 4.78 is 5.21. The molecule has 82 valence electrons. The van der Waals surface area contributed by atoms with Gasteiger partial charge < -0.3 is 20.1 Å². The molecule has 2 aliphatic heterocycles. The van der Waals surface area contributed by atoms with Gasteiger partial charge in [-0.15, -0.1) is 0 Å². The molecule has 2 fully saturated rings. The van der Waals surface area contributed by atoms with Crippen LogP contribution in [0.2, 0.25) is 0 Å². The van der Waals surface area contributed by atoms with Crippen LogP contribution in [0.5, 0.6) is 0 Å². The molecule has 0 aromatic rings. The monoisotopic (exact) mass is 200 g/mol. The molecule has 2 aliphatic rings. The second-order valence-electron chi connectivity index (χ2n) is 4.48. The van der Waals surface area contributed by atoms with E-state index in [9.17, 15) is 5.11 Å². The highest BCUT2D eigenvalue weighted by Crippen LogP contribution is 2.12. The van der Waals surface area contributed by atoms with Gasteiger partial charge in [-0.05, 0) is 26.4 Å². The molecule has 0 aromatic carbocycles. The fraction of sp³-hybridized carbons (Fsp3) is 1.00. The Morgan fingerprint density at radius 1 is 1.43 bits per heavy atom. The van der Waals surface area contributed by atoms with E-state index < -0.39 is 0 Å². The summed E-state index contributed by atoms with van der Waals surface area (Å²) in [4.78, 5) is 2.34. The average molecular weight is 200 g/mol. The van der Waals surface area contributed by atoms with Gasteiger partial charge in [0.2, 0.25) is 0 Å². The van der Waals surface area contributed by atoms with Crippen LogP contribution in [0.1, 0.15) is 12.8 Å². The molecule has 0 aliphatic carbocycles. The number of nitrogens with one attached hydrogen (secondary N) is 1. The van der Waals surface area contributed by atoms with Gasteiger partial charge in [-0.1, -0.05) is 0 Å². The van der Waals surface area contributed by atoms with Crippen LogP contribution < -0.4 is 5.32 Å². The normalized spacial score (nSPS) is 40.3. The Balaban J connectivity index is 1.78. The Morgan fingerprint density at radius 2 is 2.29 bits per heavy atom. The first-order valence-electron chi connectivity index (χ1n) is 5.46. The van der Waals surface area contributed by atoms with Gasteiger partial charge in [-0.3, -0.25) is 0 Å². The first-order valence-corrected chi connectivity index (χ1v) is 5.46. The second kappa shape index (κ2) is 4.57. The first kappa shape index (κ1) is 10.4. The van der Waals surface area contributed by atoms with E-state index >= 15 is 0 Å². The van der Waals surface area contributed by atoms with Gasteiger partial charge in [0, 0.05) is 12.6 Å². The maximum absolute atomic E-state index is 9.58. The van der Waals surface area contributed by atoms with Gasteiger partial charge in [0.25, 0.3) is 0 Å². The van der Waals surface area contributed by atoms with Crippen LogP contribution in [0.25, 0.3) is 0 Å². The maximum atomic E-state index is 9.58. The Morgan fingerprint density at radius 3 is 2.93 bits per heavy atom. The van der Waals surface area contributed by atoms with Crippen molar-refractivity contribution in [1.82, 2.24) is 10.2 Å². The number of nitrogens with zero attached hydrogens (tertiary/aromatic N) is 1. The molecule has 2 saturated heterocycles. The van der Waals surface area contributed by atoms with Crippen molar-refractivity contribution in [2.24, 2.45) is 0 Å². The number of piperidine rings is 1. The lowest BCUT2D eigenvalue weighted by Gasteiger charge is -2.32. The molecule has 4 nitrogen and oxygen atoms in total. The molecule has 2 heterocycles. The summed E-state index contributed by atoms with van der Waals surface area (Å²) in [6, 6.07) is 0.668. The fourth-order valence-corrected chi connectivity index (χ4v) is 2.31. The predicted molar refractivity (Wildman–Crippen MR) is 54.3 cm³/mol. The zero-order chi connectivity index (χ0) is 9.97. The quantitative estimate of drug-likeness (QED) is 0.626. The molecule has 2 rings (SSSR count). The molecule has 4 heteroatoms. The van der Waals surface area contributed by atoms with Crippen molar-refractivity contribution in [3.8, 4) is 0 Å². The van der Waals surface area contributed by atoms with E-state index in [2.05, 4.69) is 17.3 Å². The number of rotatable bonds is 2. The highest BCUT2D eigenvalue weighted by atomic mass is 16.5. The summed E-state index contributed by atoms with van der Waals surface area (Å²) in [5.41, 5.74) is 0. The predicted octanol–water partition coefficient (Wildman–Crippen LogP) is -0.570. The summed E-state index contributed by atoms with van der Waals surface area (Å²) in [6.07, 6.45) is 2.15. The maximum Gasteiger partial charge on any atom is 0.0948 e. The minimum Gasteiger partial charge on any atom is -0.389 e. The number of hydrogen-bond acceptors (Lipinski definition) is 4. The van der Waals surface area contributed by atoms with Crippen molar-refractivity contribution in [1.29, 1.82) is 0 Å². The first-order chi connectivity index (χ1) is 6.75. The van der Waals surface area contributed by atoms with Gasteiger partial charge in [-0.2, -0.15) is 0 Å². The van der Waals surface area contributed by atoms with Crippen LogP contribution in [0.15, 0.2) is 0 Å². The van der Waals surface area contributed by atoms with Crippen LogP contribution in [0, 0.1) is 0 Å². The summed E-state index contributed by atoms with van der Waals surface area (Å²) >= 11 is 0. The second-order valence-corrected chi connectivity index (χ2v) is 4.48. The number of likely N-dealkylation sites (N-methyl/N-ethyl adjacent to an activating group) is 1. The van der Waals surface area contributed by atoms with Crippen LogP contribution in [-0.4, -0.2) is 61.5 Å². The third kappa shape index (κ3) is 2.45. The Labute approximate surface area is 85.2 Å². The molecule has 0 aromatic heterocycles. The molecule has 0 bridgehead atoms. The van der Waals surface area contributed by atoms with Crippen LogP contribution in [-0.2, 0) is 4.74 Å². The SMILES string of the molecule is CN1CCCC(N[C@@H]2COC[C@H]2O)C1.